The highest BCUT2D eigenvalue weighted by molar-refractivity contribution is 5.83. The Morgan fingerprint density at radius 2 is 2.31 bits per heavy atom. The Morgan fingerprint density at radius 3 is 2.69 bits per heavy atom. The highest BCUT2D eigenvalue weighted by Crippen LogP contribution is 2.10. The summed E-state index contributed by atoms with van der Waals surface area (Å²) in [5.74, 6) is 0.0381. The second-order valence-corrected chi connectivity index (χ2v) is 4.17. The third-order valence-electron chi connectivity index (χ3n) is 2.56. The lowest BCUT2D eigenvalue weighted by atomic mass is 10.00. The van der Waals surface area contributed by atoms with E-state index in [-0.39, 0.29) is 18.0 Å². The van der Waals surface area contributed by atoms with Gasteiger partial charge in [0.1, 0.15) is 0 Å². The van der Waals surface area contributed by atoms with Gasteiger partial charge in [0.2, 0.25) is 5.91 Å². The highest BCUT2D eigenvalue weighted by atomic mass is 16.3. The standard InChI is InChI=1S/C9H18N2O2/c1-6(9(2,3)13)11-7-4-5-10-8(7)12/h6-7,11,13H,4-5H2,1-3H3,(H,10,12). The molecule has 1 fully saturated rings. The second kappa shape index (κ2) is 3.64. The van der Waals surface area contributed by atoms with Crippen LogP contribution in [0.3, 0.4) is 0 Å². The molecule has 0 radical (unpaired) electrons. The van der Waals surface area contributed by atoms with Crippen LogP contribution in [0.1, 0.15) is 27.2 Å². The van der Waals surface area contributed by atoms with E-state index in [0.717, 1.165) is 13.0 Å². The van der Waals surface area contributed by atoms with Crippen LogP contribution < -0.4 is 10.6 Å². The van der Waals surface area contributed by atoms with Crippen LogP contribution >= 0.6 is 0 Å². The largest absolute Gasteiger partial charge is 0.389 e. The van der Waals surface area contributed by atoms with E-state index in [9.17, 15) is 9.90 Å². The Morgan fingerprint density at radius 1 is 1.69 bits per heavy atom. The topological polar surface area (TPSA) is 61.4 Å². The first kappa shape index (κ1) is 10.5. The summed E-state index contributed by atoms with van der Waals surface area (Å²) in [6.45, 7) is 6.08. The fourth-order valence-electron chi connectivity index (χ4n) is 1.26. The fraction of sp³-hybridized carbons (Fsp3) is 0.889. The van der Waals surface area contributed by atoms with Crippen LogP contribution in [0, 0.1) is 0 Å². The first-order valence-corrected chi connectivity index (χ1v) is 4.67. The van der Waals surface area contributed by atoms with E-state index in [1.807, 2.05) is 6.92 Å². The lowest BCUT2D eigenvalue weighted by Crippen LogP contribution is -2.51. The molecule has 0 saturated carbocycles. The predicted octanol–water partition coefficient (Wildman–Crippen LogP) is -0.376. The van der Waals surface area contributed by atoms with Crippen molar-refractivity contribution in [2.75, 3.05) is 6.54 Å². The maximum absolute atomic E-state index is 11.2. The normalized spacial score (nSPS) is 25.8. The van der Waals surface area contributed by atoms with Gasteiger partial charge < -0.3 is 15.7 Å². The summed E-state index contributed by atoms with van der Waals surface area (Å²) in [6.07, 6.45) is 0.805. The van der Waals surface area contributed by atoms with E-state index in [1.165, 1.54) is 0 Å². The number of amides is 1. The Kier molecular flexibility index (Phi) is 2.93. The Labute approximate surface area is 78.7 Å². The number of rotatable bonds is 3. The molecule has 76 valence electrons. The van der Waals surface area contributed by atoms with Gasteiger partial charge in [-0.2, -0.15) is 0 Å². The molecule has 2 unspecified atom stereocenters. The van der Waals surface area contributed by atoms with Crippen molar-refractivity contribution in [2.24, 2.45) is 0 Å². The molecule has 1 aliphatic rings. The zero-order valence-corrected chi connectivity index (χ0v) is 8.42. The van der Waals surface area contributed by atoms with E-state index in [2.05, 4.69) is 10.6 Å². The Balaban J connectivity index is 2.44. The number of aliphatic hydroxyl groups is 1. The van der Waals surface area contributed by atoms with Gasteiger partial charge in [-0.3, -0.25) is 4.79 Å². The summed E-state index contributed by atoms with van der Waals surface area (Å²) in [7, 11) is 0. The van der Waals surface area contributed by atoms with E-state index in [1.54, 1.807) is 13.8 Å². The minimum Gasteiger partial charge on any atom is -0.389 e. The Hall–Kier alpha value is -0.610. The molecule has 0 bridgehead atoms. The zero-order valence-electron chi connectivity index (χ0n) is 8.42. The minimum absolute atomic E-state index is 0.0381. The fourth-order valence-corrected chi connectivity index (χ4v) is 1.26. The van der Waals surface area contributed by atoms with Crippen molar-refractivity contribution in [1.29, 1.82) is 0 Å². The molecule has 0 aromatic rings. The van der Waals surface area contributed by atoms with Crippen LogP contribution in [0.5, 0.6) is 0 Å². The molecular weight excluding hydrogens is 168 g/mol. The van der Waals surface area contributed by atoms with Gasteiger partial charge in [-0.15, -0.1) is 0 Å². The molecule has 1 saturated heterocycles. The summed E-state index contributed by atoms with van der Waals surface area (Å²) >= 11 is 0. The smallest absolute Gasteiger partial charge is 0.237 e. The third kappa shape index (κ3) is 2.67. The van der Waals surface area contributed by atoms with Crippen molar-refractivity contribution in [3.05, 3.63) is 0 Å². The number of carbonyl (C=O) groups is 1. The van der Waals surface area contributed by atoms with E-state index < -0.39 is 5.60 Å². The van der Waals surface area contributed by atoms with Gasteiger partial charge in [-0.05, 0) is 27.2 Å². The molecule has 2 atom stereocenters. The lowest BCUT2D eigenvalue weighted by Gasteiger charge is -2.28. The minimum atomic E-state index is -0.789. The highest BCUT2D eigenvalue weighted by Gasteiger charge is 2.30. The molecule has 0 spiro atoms. The lowest BCUT2D eigenvalue weighted by molar-refractivity contribution is -0.121. The molecule has 4 nitrogen and oxygen atoms in total. The molecule has 13 heavy (non-hydrogen) atoms. The summed E-state index contributed by atoms with van der Waals surface area (Å²) in [5, 5.41) is 15.5. The van der Waals surface area contributed by atoms with E-state index in [4.69, 9.17) is 0 Å². The van der Waals surface area contributed by atoms with Crippen LogP contribution in [0.2, 0.25) is 0 Å². The van der Waals surface area contributed by atoms with Crippen LogP contribution in [-0.2, 0) is 4.79 Å². The van der Waals surface area contributed by atoms with Crippen LogP contribution in [-0.4, -0.2) is 35.2 Å². The number of nitrogens with one attached hydrogen (secondary N) is 2. The molecule has 1 rings (SSSR count). The first-order chi connectivity index (χ1) is 5.91. The van der Waals surface area contributed by atoms with E-state index >= 15 is 0 Å². The van der Waals surface area contributed by atoms with Crippen LogP contribution in [0.15, 0.2) is 0 Å². The van der Waals surface area contributed by atoms with Gasteiger partial charge >= 0.3 is 0 Å². The van der Waals surface area contributed by atoms with E-state index in [0.29, 0.717) is 0 Å². The summed E-state index contributed by atoms with van der Waals surface area (Å²) < 4.78 is 0. The Bertz CT molecular complexity index is 198. The van der Waals surface area contributed by atoms with Crippen molar-refractivity contribution in [2.45, 2.75) is 44.9 Å². The van der Waals surface area contributed by atoms with Crippen molar-refractivity contribution >= 4 is 5.91 Å². The molecule has 3 N–H and O–H groups in total. The van der Waals surface area contributed by atoms with Gasteiger partial charge in [0.05, 0.1) is 11.6 Å². The quantitative estimate of drug-likeness (QED) is 0.563. The van der Waals surface area contributed by atoms with Crippen molar-refractivity contribution in [1.82, 2.24) is 10.6 Å². The van der Waals surface area contributed by atoms with Crippen molar-refractivity contribution in [3.63, 3.8) is 0 Å². The van der Waals surface area contributed by atoms with Gasteiger partial charge in [-0.1, -0.05) is 0 Å². The maximum Gasteiger partial charge on any atom is 0.237 e. The molecule has 4 heteroatoms. The molecule has 0 aromatic heterocycles. The summed E-state index contributed by atoms with van der Waals surface area (Å²) in [6, 6.07) is -0.220. The monoisotopic (exact) mass is 186 g/mol. The predicted molar refractivity (Wildman–Crippen MR) is 50.3 cm³/mol. The third-order valence-corrected chi connectivity index (χ3v) is 2.56. The zero-order chi connectivity index (χ0) is 10.1. The molecule has 0 aromatic carbocycles. The SMILES string of the molecule is CC(NC1CCNC1=O)C(C)(C)O. The van der Waals surface area contributed by atoms with Crippen molar-refractivity contribution < 1.29 is 9.90 Å². The summed E-state index contributed by atoms with van der Waals surface area (Å²) in [5.41, 5.74) is -0.789. The number of carbonyl (C=O) groups excluding carboxylic acids is 1. The van der Waals surface area contributed by atoms with Gasteiger partial charge in [0.25, 0.3) is 0 Å². The first-order valence-electron chi connectivity index (χ1n) is 4.67. The number of hydrogen-bond donors (Lipinski definition) is 3. The summed E-state index contributed by atoms with van der Waals surface area (Å²) in [4.78, 5) is 11.2. The molecule has 1 aliphatic heterocycles. The molecule has 1 amide bonds. The van der Waals surface area contributed by atoms with Gasteiger partial charge in [0, 0.05) is 12.6 Å². The molecular formula is C9H18N2O2. The van der Waals surface area contributed by atoms with Gasteiger partial charge in [0.15, 0.2) is 0 Å². The van der Waals surface area contributed by atoms with Gasteiger partial charge in [-0.25, -0.2) is 0 Å². The molecule has 0 aliphatic carbocycles. The number of hydrogen-bond acceptors (Lipinski definition) is 3. The van der Waals surface area contributed by atoms with Crippen molar-refractivity contribution in [3.8, 4) is 0 Å². The van der Waals surface area contributed by atoms with Crippen LogP contribution in [0.25, 0.3) is 0 Å². The average Bonchev–Trinajstić information content (AvgIpc) is 2.34. The van der Waals surface area contributed by atoms with Crippen LogP contribution in [0.4, 0.5) is 0 Å². The average molecular weight is 186 g/mol. The maximum atomic E-state index is 11.2. The molecule has 1 heterocycles. The second-order valence-electron chi connectivity index (χ2n) is 4.17.